The average molecular weight is 556 g/mol. The van der Waals surface area contributed by atoms with E-state index in [0.717, 1.165) is 33.3 Å². The minimum Gasteiger partial charge on any atom is -0.492 e. The molecule has 0 radical (unpaired) electrons. The van der Waals surface area contributed by atoms with Gasteiger partial charge in [0.15, 0.2) is 5.75 Å². The zero-order valence-corrected chi connectivity index (χ0v) is 24.0. The molecule has 2 heterocycles. The summed E-state index contributed by atoms with van der Waals surface area (Å²) in [7, 11) is 0. The Labute approximate surface area is 239 Å². The predicted molar refractivity (Wildman–Crippen MR) is 160 cm³/mol. The Kier molecular flexibility index (Phi) is 8.26. The van der Waals surface area contributed by atoms with Crippen LogP contribution in [0.2, 0.25) is 0 Å². The molecule has 206 valence electrons. The molecule has 0 bridgehead atoms. The van der Waals surface area contributed by atoms with Gasteiger partial charge in [0.25, 0.3) is 5.91 Å². The molecule has 40 heavy (non-hydrogen) atoms. The number of benzene rings is 3. The second-order valence-corrected chi connectivity index (χ2v) is 10.5. The number of pyridine rings is 1. The molecule has 8 heteroatoms. The van der Waals surface area contributed by atoms with Gasteiger partial charge in [-0.15, -0.1) is 0 Å². The number of fused-ring (bicyclic) bond motifs is 2. The molecule has 1 unspecified atom stereocenters. The summed E-state index contributed by atoms with van der Waals surface area (Å²) in [5.41, 5.74) is 5.90. The molecule has 4 aromatic rings. The summed E-state index contributed by atoms with van der Waals surface area (Å²) in [5, 5.41) is 0.773. The maximum atomic E-state index is 13.9. The van der Waals surface area contributed by atoms with Crippen LogP contribution in [-0.4, -0.2) is 30.0 Å². The minimum absolute atomic E-state index is 0.0259. The van der Waals surface area contributed by atoms with E-state index >= 15 is 0 Å². The summed E-state index contributed by atoms with van der Waals surface area (Å²) in [6.07, 6.45) is 1.73. The highest BCUT2D eigenvalue weighted by Gasteiger charge is 2.37. The first-order valence-electron chi connectivity index (χ1n) is 13.5. The lowest BCUT2D eigenvalue weighted by Crippen LogP contribution is -2.24. The smallest absolute Gasteiger partial charge is 0.262 e. The van der Waals surface area contributed by atoms with Crippen LogP contribution in [0.4, 0.5) is 5.69 Å². The van der Waals surface area contributed by atoms with Crippen LogP contribution in [0, 0.1) is 6.92 Å². The van der Waals surface area contributed by atoms with Crippen molar-refractivity contribution in [2.75, 3.05) is 18.1 Å². The van der Waals surface area contributed by atoms with E-state index in [1.165, 1.54) is 11.9 Å². The monoisotopic (exact) mass is 555 g/mol. The van der Waals surface area contributed by atoms with E-state index < -0.39 is 0 Å². The van der Waals surface area contributed by atoms with Gasteiger partial charge >= 0.3 is 0 Å². The number of anilines is 1. The maximum absolute atomic E-state index is 13.9. The number of nitrogens with one attached hydrogen (secondary N) is 1. The van der Waals surface area contributed by atoms with Crippen LogP contribution in [0.25, 0.3) is 10.9 Å². The fourth-order valence-corrected chi connectivity index (χ4v) is 5.85. The SMILES string of the molecule is CCOc1c2c(c(OCC)c3ncccc13)CN(c1ccc(CSNC(=O)C(C)c3ccccc3)cc1C)C2=O. The second kappa shape index (κ2) is 12.0. The topological polar surface area (TPSA) is 80.8 Å². The van der Waals surface area contributed by atoms with E-state index in [1.807, 2.05) is 82.3 Å². The highest BCUT2D eigenvalue weighted by molar-refractivity contribution is 7.97. The van der Waals surface area contributed by atoms with Crippen molar-refractivity contribution in [2.45, 2.75) is 45.9 Å². The third kappa shape index (κ3) is 5.23. The highest BCUT2D eigenvalue weighted by Crippen LogP contribution is 2.45. The van der Waals surface area contributed by atoms with E-state index in [0.29, 0.717) is 48.1 Å². The second-order valence-electron chi connectivity index (χ2n) is 9.68. The molecule has 0 spiro atoms. The molecule has 0 fully saturated rings. The number of amides is 2. The Hall–Kier alpha value is -4.04. The van der Waals surface area contributed by atoms with Crippen molar-refractivity contribution in [3.63, 3.8) is 0 Å². The minimum atomic E-state index is -0.226. The molecule has 0 saturated carbocycles. The Bertz CT molecular complexity index is 1560. The van der Waals surface area contributed by atoms with Gasteiger partial charge in [0, 0.05) is 28.6 Å². The summed E-state index contributed by atoms with van der Waals surface area (Å²) in [5.74, 6) is 1.44. The quantitative estimate of drug-likeness (QED) is 0.223. The summed E-state index contributed by atoms with van der Waals surface area (Å²) in [6, 6.07) is 19.5. The van der Waals surface area contributed by atoms with Crippen LogP contribution in [0.3, 0.4) is 0 Å². The third-order valence-corrected chi connectivity index (χ3v) is 7.90. The van der Waals surface area contributed by atoms with Crippen LogP contribution >= 0.6 is 11.9 Å². The van der Waals surface area contributed by atoms with Gasteiger partial charge in [0.1, 0.15) is 11.3 Å². The van der Waals surface area contributed by atoms with Crippen LogP contribution < -0.4 is 19.1 Å². The van der Waals surface area contributed by atoms with Crippen molar-refractivity contribution in [3.8, 4) is 11.5 Å². The van der Waals surface area contributed by atoms with Gasteiger partial charge in [-0.1, -0.05) is 42.5 Å². The lowest BCUT2D eigenvalue weighted by Gasteiger charge is -2.19. The third-order valence-electron chi connectivity index (χ3n) is 7.08. The van der Waals surface area contributed by atoms with E-state index in [2.05, 4.69) is 15.8 Å². The first kappa shape index (κ1) is 27.5. The largest absolute Gasteiger partial charge is 0.492 e. The Balaban J connectivity index is 1.35. The van der Waals surface area contributed by atoms with Gasteiger partial charge in [-0.3, -0.25) is 19.3 Å². The van der Waals surface area contributed by atoms with Crippen molar-refractivity contribution in [1.29, 1.82) is 0 Å². The maximum Gasteiger partial charge on any atom is 0.262 e. The van der Waals surface area contributed by atoms with Crippen LogP contribution in [-0.2, 0) is 17.1 Å². The van der Waals surface area contributed by atoms with Crippen molar-refractivity contribution in [3.05, 3.63) is 94.7 Å². The highest BCUT2D eigenvalue weighted by atomic mass is 32.2. The number of carbonyl (C=O) groups is 2. The molecule has 1 aliphatic heterocycles. The first-order chi connectivity index (χ1) is 19.4. The lowest BCUT2D eigenvalue weighted by atomic mass is 10.0. The average Bonchev–Trinajstić information content (AvgIpc) is 3.31. The fraction of sp³-hybridized carbons (Fsp3) is 0.281. The van der Waals surface area contributed by atoms with Gasteiger partial charge in [-0.2, -0.15) is 0 Å². The molecule has 1 N–H and O–H groups in total. The van der Waals surface area contributed by atoms with Crippen molar-refractivity contribution in [2.24, 2.45) is 0 Å². The van der Waals surface area contributed by atoms with Gasteiger partial charge in [0.2, 0.25) is 5.91 Å². The predicted octanol–water partition coefficient (Wildman–Crippen LogP) is 6.57. The number of aryl methyl sites for hydroxylation is 1. The van der Waals surface area contributed by atoms with E-state index in [4.69, 9.17) is 9.47 Å². The number of aromatic nitrogens is 1. The zero-order valence-electron chi connectivity index (χ0n) is 23.2. The Morgan fingerprint density at radius 2 is 1.80 bits per heavy atom. The summed E-state index contributed by atoms with van der Waals surface area (Å²) in [4.78, 5) is 32.8. The Morgan fingerprint density at radius 3 is 2.52 bits per heavy atom. The number of nitrogens with zero attached hydrogens (tertiary/aromatic N) is 2. The van der Waals surface area contributed by atoms with Crippen LogP contribution in [0.15, 0.2) is 66.9 Å². The molecule has 3 aromatic carbocycles. The van der Waals surface area contributed by atoms with Crippen molar-refractivity contribution in [1.82, 2.24) is 9.71 Å². The van der Waals surface area contributed by atoms with E-state index in [-0.39, 0.29) is 17.7 Å². The molecular formula is C32H33N3O4S. The summed E-state index contributed by atoms with van der Waals surface area (Å²) in [6.45, 7) is 9.02. The molecular weight excluding hydrogens is 522 g/mol. The lowest BCUT2D eigenvalue weighted by molar-refractivity contribution is -0.120. The van der Waals surface area contributed by atoms with E-state index in [1.54, 1.807) is 11.1 Å². The zero-order chi connectivity index (χ0) is 28.2. The van der Waals surface area contributed by atoms with Gasteiger partial charge in [-0.05, 0) is 74.5 Å². The summed E-state index contributed by atoms with van der Waals surface area (Å²) >= 11 is 1.37. The molecule has 1 atom stereocenters. The van der Waals surface area contributed by atoms with Gasteiger partial charge in [0.05, 0.1) is 31.2 Å². The number of hydrogen-bond acceptors (Lipinski definition) is 6. The van der Waals surface area contributed by atoms with Crippen LogP contribution in [0.1, 0.15) is 59.3 Å². The molecule has 1 aliphatic rings. The normalized spacial score (nSPS) is 13.3. The molecule has 5 rings (SSSR count). The first-order valence-corrected chi connectivity index (χ1v) is 14.5. The fourth-order valence-electron chi connectivity index (χ4n) is 5.11. The van der Waals surface area contributed by atoms with Crippen LogP contribution in [0.5, 0.6) is 11.5 Å². The number of rotatable bonds is 10. The molecule has 0 saturated heterocycles. The number of ether oxygens (including phenoxy) is 2. The number of carbonyl (C=O) groups excluding carboxylic acids is 2. The van der Waals surface area contributed by atoms with Gasteiger partial charge in [-0.25, -0.2) is 0 Å². The van der Waals surface area contributed by atoms with Gasteiger partial charge < -0.3 is 14.4 Å². The Morgan fingerprint density at radius 1 is 1.05 bits per heavy atom. The molecule has 2 amide bonds. The standard InChI is InChI=1S/C32H33N3O4S/c1-5-38-29-24-13-10-16-33-28(24)30(39-6-2)25-18-35(32(37)27(25)29)26-15-14-22(17-20(26)3)19-40-34-31(36)21(4)23-11-8-7-9-12-23/h7-17,21H,5-6,18-19H2,1-4H3,(H,34,36). The number of hydrogen-bond donors (Lipinski definition) is 1. The van der Waals surface area contributed by atoms with Crippen molar-refractivity contribution >= 4 is 40.4 Å². The molecule has 0 aliphatic carbocycles. The van der Waals surface area contributed by atoms with E-state index in [9.17, 15) is 9.59 Å². The molecule has 7 nitrogen and oxygen atoms in total. The summed E-state index contributed by atoms with van der Waals surface area (Å²) < 4.78 is 15.0. The molecule has 1 aromatic heterocycles. The van der Waals surface area contributed by atoms with Crippen molar-refractivity contribution < 1.29 is 19.1 Å².